The number of esters is 1. The molecular formula is C30H35NO6. The highest BCUT2D eigenvalue weighted by Crippen LogP contribution is 2.32. The lowest BCUT2D eigenvalue weighted by molar-refractivity contribution is -0.295. The summed E-state index contributed by atoms with van der Waals surface area (Å²) < 4.78 is 30.8. The average Bonchev–Trinajstić information content (AvgIpc) is 2.92. The van der Waals surface area contributed by atoms with Gasteiger partial charge in [0.2, 0.25) is 6.29 Å². The number of hydrogen-bond donors (Lipinski definition) is 1. The van der Waals surface area contributed by atoms with E-state index in [0.29, 0.717) is 19.8 Å². The Kier molecular flexibility index (Phi) is 10.2. The number of ether oxygens (including phenoxy) is 5. The summed E-state index contributed by atoms with van der Waals surface area (Å²) >= 11 is 0. The number of benzene rings is 3. The van der Waals surface area contributed by atoms with Crippen molar-refractivity contribution in [2.24, 2.45) is 11.7 Å². The second-order valence-electron chi connectivity index (χ2n) is 9.08. The van der Waals surface area contributed by atoms with E-state index in [1.165, 1.54) is 6.92 Å². The standard InChI is InChI=1S/C30H35NO6/c1-22(32)36-30-26(17-31)28(34-19-24-13-7-3-8-14-24)29(35-20-25-15-9-4-10-16-25)27(37-30)21-33-18-23-11-5-2-6-12-23/h2-16,26-30H,17-21,31H2,1H3/t26-,27?,28-,29+,30?/m1/s1. The lowest BCUT2D eigenvalue weighted by Gasteiger charge is -2.45. The molecule has 0 spiro atoms. The molecular weight excluding hydrogens is 470 g/mol. The Morgan fingerprint density at radius 3 is 1.73 bits per heavy atom. The summed E-state index contributed by atoms with van der Waals surface area (Å²) in [5.41, 5.74) is 9.28. The lowest BCUT2D eigenvalue weighted by Crippen LogP contribution is -2.60. The smallest absolute Gasteiger partial charge is 0.304 e. The van der Waals surface area contributed by atoms with Crippen molar-refractivity contribution in [1.29, 1.82) is 0 Å². The molecule has 1 heterocycles. The SMILES string of the molecule is CC(=O)OC1OC(COCc2ccccc2)[C@H](OCc2ccccc2)[C@H](OCc2ccccc2)[C@H]1CN. The molecule has 0 amide bonds. The second-order valence-corrected chi connectivity index (χ2v) is 9.08. The number of hydrogen-bond acceptors (Lipinski definition) is 7. The van der Waals surface area contributed by atoms with Gasteiger partial charge in [-0.2, -0.15) is 0 Å². The van der Waals surface area contributed by atoms with Crippen molar-refractivity contribution in [3.8, 4) is 0 Å². The molecule has 3 aromatic rings. The van der Waals surface area contributed by atoms with Gasteiger partial charge in [-0.3, -0.25) is 4.79 Å². The van der Waals surface area contributed by atoms with E-state index in [1.807, 2.05) is 91.0 Å². The van der Waals surface area contributed by atoms with Crippen molar-refractivity contribution in [3.63, 3.8) is 0 Å². The van der Waals surface area contributed by atoms with Crippen LogP contribution >= 0.6 is 0 Å². The molecule has 5 atom stereocenters. The van der Waals surface area contributed by atoms with Gasteiger partial charge in [0.25, 0.3) is 0 Å². The Bertz CT molecular complexity index is 1070. The van der Waals surface area contributed by atoms with Crippen LogP contribution in [-0.4, -0.2) is 43.7 Å². The molecule has 0 bridgehead atoms. The maximum absolute atomic E-state index is 11.9. The highest BCUT2D eigenvalue weighted by atomic mass is 16.7. The van der Waals surface area contributed by atoms with Gasteiger partial charge < -0.3 is 29.4 Å². The van der Waals surface area contributed by atoms with Crippen LogP contribution in [0.5, 0.6) is 0 Å². The minimum absolute atomic E-state index is 0.195. The Morgan fingerprint density at radius 2 is 1.24 bits per heavy atom. The van der Waals surface area contributed by atoms with E-state index in [4.69, 9.17) is 29.4 Å². The topological polar surface area (TPSA) is 89.2 Å². The third kappa shape index (κ3) is 7.95. The first-order valence-corrected chi connectivity index (χ1v) is 12.6. The number of nitrogens with two attached hydrogens (primary N) is 1. The Morgan fingerprint density at radius 1 is 0.757 bits per heavy atom. The summed E-state index contributed by atoms with van der Waals surface area (Å²) in [5.74, 6) is -0.864. The van der Waals surface area contributed by atoms with Crippen LogP contribution in [0, 0.1) is 5.92 Å². The van der Waals surface area contributed by atoms with Crippen LogP contribution in [0.3, 0.4) is 0 Å². The predicted molar refractivity (Wildman–Crippen MR) is 139 cm³/mol. The summed E-state index contributed by atoms with van der Waals surface area (Å²) in [4.78, 5) is 11.9. The fraction of sp³-hybridized carbons (Fsp3) is 0.367. The minimum Gasteiger partial charge on any atom is -0.435 e. The van der Waals surface area contributed by atoms with Gasteiger partial charge in [-0.05, 0) is 16.7 Å². The van der Waals surface area contributed by atoms with Crippen LogP contribution in [0.15, 0.2) is 91.0 Å². The van der Waals surface area contributed by atoms with E-state index in [2.05, 4.69) is 0 Å². The van der Waals surface area contributed by atoms with Gasteiger partial charge >= 0.3 is 5.97 Å². The number of carbonyl (C=O) groups excluding carboxylic acids is 1. The van der Waals surface area contributed by atoms with E-state index < -0.39 is 36.5 Å². The van der Waals surface area contributed by atoms with Crippen molar-refractivity contribution >= 4 is 5.97 Å². The molecule has 0 aromatic heterocycles. The molecule has 4 rings (SSSR count). The van der Waals surface area contributed by atoms with Crippen molar-refractivity contribution in [1.82, 2.24) is 0 Å². The van der Waals surface area contributed by atoms with Crippen LogP contribution in [0.4, 0.5) is 0 Å². The Labute approximate surface area is 218 Å². The third-order valence-electron chi connectivity index (χ3n) is 6.29. The average molecular weight is 506 g/mol. The largest absolute Gasteiger partial charge is 0.435 e. The zero-order chi connectivity index (χ0) is 25.9. The maximum Gasteiger partial charge on any atom is 0.304 e. The number of carbonyl (C=O) groups is 1. The lowest BCUT2D eigenvalue weighted by atomic mass is 9.90. The Hall–Kier alpha value is -3.07. The van der Waals surface area contributed by atoms with E-state index in [9.17, 15) is 4.79 Å². The first-order chi connectivity index (χ1) is 18.1. The van der Waals surface area contributed by atoms with Crippen LogP contribution < -0.4 is 5.73 Å². The summed E-state index contributed by atoms with van der Waals surface area (Å²) in [6.45, 7) is 2.92. The maximum atomic E-state index is 11.9. The second kappa shape index (κ2) is 14.0. The zero-order valence-electron chi connectivity index (χ0n) is 21.1. The number of rotatable bonds is 12. The molecule has 7 heteroatoms. The van der Waals surface area contributed by atoms with Gasteiger partial charge in [0.1, 0.15) is 12.2 Å². The highest BCUT2D eigenvalue weighted by Gasteiger charge is 2.48. The highest BCUT2D eigenvalue weighted by molar-refractivity contribution is 5.66. The van der Waals surface area contributed by atoms with Crippen molar-refractivity contribution in [2.45, 2.75) is 51.3 Å². The third-order valence-corrected chi connectivity index (χ3v) is 6.29. The summed E-state index contributed by atoms with van der Waals surface area (Å²) in [6, 6.07) is 29.7. The molecule has 1 saturated heterocycles. The quantitative estimate of drug-likeness (QED) is 0.368. The molecule has 1 aliphatic heterocycles. The molecule has 7 nitrogen and oxygen atoms in total. The van der Waals surface area contributed by atoms with Crippen LogP contribution in [0.2, 0.25) is 0 Å². The monoisotopic (exact) mass is 505 g/mol. The van der Waals surface area contributed by atoms with Gasteiger partial charge in [0.05, 0.1) is 38.4 Å². The van der Waals surface area contributed by atoms with Gasteiger partial charge in [-0.1, -0.05) is 91.0 Å². The summed E-state index contributed by atoms with van der Waals surface area (Å²) in [7, 11) is 0. The molecule has 3 aromatic carbocycles. The zero-order valence-corrected chi connectivity index (χ0v) is 21.1. The summed E-state index contributed by atoms with van der Waals surface area (Å²) in [6.07, 6.45) is -2.40. The van der Waals surface area contributed by atoms with E-state index >= 15 is 0 Å². The van der Waals surface area contributed by atoms with Crippen LogP contribution in [-0.2, 0) is 48.3 Å². The fourth-order valence-corrected chi connectivity index (χ4v) is 4.44. The fourth-order valence-electron chi connectivity index (χ4n) is 4.44. The molecule has 196 valence electrons. The molecule has 0 radical (unpaired) electrons. The van der Waals surface area contributed by atoms with E-state index in [1.54, 1.807) is 0 Å². The molecule has 1 aliphatic rings. The molecule has 37 heavy (non-hydrogen) atoms. The molecule has 0 aliphatic carbocycles. The van der Waals surface area contributed by atoms with E-state index in [0.717, 1.165) is 16.7 Å². The van der Waals surface area contributed by atoms with Gasteiger partial charge in [0.15, 0.2) is 0 Å². The van der Waals surface area contributed by atoms with Crippen molar-refractivity contribution in [2.75, 3.05) is 13.2 Å². The van der Waals surface area contributed by atoms with Crippen LogP contribution in [0.1, 0.15) is 23.6 Å². The Balaban J connectivity index is 1.55. The van der Waals surface area contributed by atoms with Gasteiger partial charge in [0, 0.05) is 13.5 Å². The molecule has 1 fully saturated rings. The first-order valence-electron chi connectivity index (χ1n) is 12.6. The minimum atomic E-state index is -0.870. The normalized spacial score (nSPS) is 23.5. The van der Waals surface area contributed by atoms with E-state index in [-0.39, 0.29) is 13.2 Å². The molecule has 0 saturated carbocycles. The summed E-state index contributed by atoms with van der Waals surface area (Å²) in [5, 5.41) is 0. The van der Waals surface area contributed by atoms with Gasteiger partial charge in [-0.25, -0.2) is 0 Å². The van der Waals surface area contributed by atoms with Gasteiger partial charge in [-0.15, -0.1) is 0 Å². The predicted octanol–water partition coefficient (Wildman–Crippen LogP) is 4.24. The van der Waals surface area contributed by atoms with Crippen molar-refractivity contribution < 1.29 is 28.5 Å². The van der Waals surface area contributed by atoms with Crippen molar-refractivity contribution in [3.05, 3.63) is 108 Å². The first kappa shape index (κ1) is 27.0. The molecule has 2 N–H and O–H groups in total. The van der Waals surface area contributed by atoms with Crippen LogP contribution in [0.25, 0.3) is 0 Å². The molecule has 2 unspecified atom stereocenters.